The molecule has 0 bridgehead atoms. The molecule has 0 atom stereocenters. The Balaban J connectivity index is 2.70. The summed E-state index contributed by atoms with van der Waals surface area (Å²) in [6.45, 7) is 4.33. The molecule has 0 aromatic carbocycles. The lowest BCUT2D eigenvalue weighted by Gasteiger charge is -2.08. The largest absolute Gasteiger partial charge is 0.392 e. The standard InChI is InChI=1S/C12H19NO/c1-3-4-5-6-12-11(9-14)10(2)7-8-13-12/h7-8,14H,3-6,9H2,1-2H3. The third-order valence-corrected chi connectivity index (χ3v) is 2.55. The first-order chi connectivity index (χ1) is 6.79. The van der Waals surface area contributed by atoms with Crippen LogP contribution < -0.4 is 0 Å². The quantitative estimate of drug-likeness (QED) is 0.729. The Morgan fingerprint density at radius 1 is 1.36 bits per heavy atom. The number of hydrogen-bond donors (Lipinski definition) is 1. The summed E-state index contributed by atoms with van der Waals surface area (Å²) in [7, 11) is 0. The molecule has 2 nitrogen and oxygen atoms in total. The highest BCUT2D eigenvalue weighted by atomic mass is 16.3. The van der Waals surface area contributed by atoms with Gasteiger partial charge in [0.1, 0.15) is 0 Å². The smallest absolute Gasteiger partial charge is 0.0702 e. The number of nitrogens with zero attached hydrogens (tertiary/aromatic N) is 1. The second kappa shape index (κ2) is 5.76. The number of unbranched alkanes of at least 4 members (excludes halogenated alkanes) is 2. The number of rotatable bonds is 5. The van der Waals surface area contributed by atoms with Crippen LogP contribution in [0.3, 0.4) is 0 Å². The summed E-state index contributed by atoms with van der Waals surface area (Å²) in [6, 6.07) is 1.95. The number of aliphatic hydroxyl groups is 1. The van der Waals surface area contributed by atoms with Crippen molar-refractivity contribution in [2.45, 2.75) is 46.1 Å². The van der Waals surface area contributed by atoms with E-state index in [-0.39, 0.29) is 6.61 Å². The Kier molecular flexibility index (Phi) is 4.60. The summed E-state index contributed by atoms with van der Waals surface area (Å²) in [4.78, 5) is 4.32. The van der Waals surface area contributed by atoms with E-state index >= 15 is 0 Å². The van der Waals surface area contributed by atoms with E-state index in [2.05, 4.69) is 11.9 Å². The molecule has 1 N–H and O–H groups in total. The van der Waals surface area contributed by atoms with Gasteiger partial charge < -0.3 is 5.11 Å². The third-order valence-electron chi connectivity index (χ3n) is 2.55. The molecule has 0 unspecified atom stereocenters. The van der Waals surface area contributed by atoms with Gasteiger partial charge in [0, 0.05) is 17.5 Å². The molecule has 1 aromatic heterocycles. The molecule has 0 saturated heterocycles. The third kappa shape index (κ3) is 2.81. The van der Waals surface area contributed by atoms with Crippen molar-refractivity contribution in [3.05, 3.63) is 29.1 Å². The molecule has 0 aliphatic rings. The van der Waals surface area contributed by atoms with E-state index in [0.717, 1.165) is 23.2 Å². The minimum absolute atomic E-state index is 0.112. The molecule has 0 radical (unpaired) electrons. The van der Waals surface area contributed by atoms with Gasteiger partial charge in [0.2, 0.25) is 0 Å². The van der Waals surface area contributed by atoms with Crippen LogP contribution in [0.15, 0.2) is 12.3 Å². The zero-order chi connectivity index (χ0) is 10.4. The molecule has 14 heavy (non-hydrogen) atoms. The topological polar surface area (TPSA) is 33.1 Å². The van der Waals surface area contributed by atoms with E-state index in [0.29, 0.717) is 0 Å². The summed E-state index contributed by atoms with van der Waals surface area (Å²) in [6.07, 6.45) is 6.45. The molecule has 0 amide bonds. The maximum atomic E-state index is 9.22. The van der Waals surface area contributed by atoms with Crippen LogP contribution in [-0.2, 0) is 13.0 Å². The Morgan fingerprint density at radius 2 is 2.14 bits per heavy atom. The van der Waals surface area contributed by atoms with Crippen molar-refractivity contribution in [3.8, 4) is 0 Å². The van der Waals surface area contributed by atoms with Crippen molar-refractivity contribution in [2.75, 3.05) is 0 Å². The van der Waals surface area contributed by atoms with Crippen molar-refractivity contribution < 1.29 is 5.11 Å². The highest BCUT2D eigenvalue weighted by Gasteiger charge is 2.04. The van der Waals surface area contributed by atoms with E-state index in [9.17, 15) is 5.11 Å². The summed E-state index contributed by atoms with van der Waals surface area (Å²) >= 11 is 0. The predicted octanol–water partition coefficient (Wildman–Crippen LogP) is 2.62. The van der Waals surface area contributed by atoms with Crippen molar-refractivity contribution in [3.63, 3.8) is 0 Å². The highest BCUT2D eigenvalue weighted by Crippen LogP contribution is 2.14. The second-order valence-electron chi connectivity index (χ2n) is 3.67. The van der Waals surface area contributed by atoms with Crippen molar-refractivity contribution in [1.29, 1.82) is 0 Å². The van der Waals surface area contributed by atoms with Crippen LogP contribution >= 0.6 is 0 Å². The zero-order valence-corrected chi connectivity index (χ0v) is 9.08. The molecule has 1 heterocycles. The zero-order valence-electron chi connectivity index (χ0n) is 9.08. The molecule has 0 aliphatic carbocycles. The highest BCUT2D eigenvalue weighted by molar-refractivity contribution is 5.28. The monoisotopic (exact) mass is 193 g/mol. The number of aromatic nitrogens is 1. The number of aryl methyl sites for hydroxylation is 2. The summed E-state index contributed by atoms with van der Waals surface area (Å²) in [5.74, 6) is 0. The number of hydrogen-bond acceptors (Lipinski definition) is 2. The minimum Gasteiger partial charge on any atom is -0.392 e. The van der Waals surface area contributed by atoms with Gasteiger partial charge in [-0.15, -0.1) is 0 Å². The maximum absolute atomic E-state index is 9.22. The summed E-state index contributed by atoms with van der Waals surface area (Å²) in [5.41, 5.74) is 3.23. The van der Waals surface area contributed by atoms with Crippen molar-refractivity contribution in [1.82, 2.24) is 4.98 Å². The van der Waals surface area contributed by atoms with Crippen LogP contribution in [0.4, 0.5) is 0 Å². The van der Waals surface area contributed by atoms with E-state index in [4.69, 9.17) is 0 Å². The summed E-state index contributed by atoms with van der Waals surface area (Å²) < 4.78 is 0. The molecule has 0 spiro atoms. The molecular weight excluding hydrogens is 174 g/mol. The SMILES string of the molecule is CCCCCc1nccc(C)c1CO. The van der Waals surface area contributed by atoms with E-state index < -0.39 is 0 Å². The Bertz CT molecular complexity index is 284. The molecule has 0 aliphatic heterocycles. The van der Waals surface area contributed by atoms with Crippen LogP contribution in [0, 0.1) is 6.92 Å². The van der Waals surface area contributed by atoms with Crippen LogP contribution in [0.5, 0.6) is 0 Å². The molecular formula is C12H19NO. The molecule has 1 rings (SSSR count). The molecule has 0 fully saturated rings. The van der Waals surface area contributed by atoms with E-state index in [1.54, 1.807) is 0 Å². The Morgan fingerprint density at radius 3 is 2.79 bits per heavy atom. The molecule has 2 heteroatoms. The average Bonchev–Trinajstić information content (AvgIpc) is 2.18. The van der Waals surface area contributed by atoms with Gasteiger partial charge in [-0.05, 0) is 31.4 Å². The normalized spacial score (nSPS) is 10.5. The van der Waals surface area contributed by atoms with Gasteiger partial charge in [0.15, 0.2) is 0 Å². The lowest BCUT2D eigenvalue weighted by atomic mass is 10.0. The van der Waals surface area contributed by atoms with Crippen LogP contribution in [0.25, 0.3) is 0 Å². The van der Waals surface area contributed by atoms with Gasteiger partial charge in [-0.3, -0.25) is 4.98 Å². The molecule has 1 aromatic rings. The first-order valence-electron chi connectivity index (χ1n) is 5.33. The minimum atomic E-state index is 0.112. The fraction of sp³-hybridized carbons (Fsp3) is 0.583. The Labute approximate surface area is 86.0 Å². The van der Waals surface area contributed by atoms with Gasteiger partial charge in [-0.1, -0.05) is 19.8 Å². The second-order valence-corrected chi connectivity index (χ2v) is 3.67. The summed E-state index contributed by atoms with van der Waals surface area (Å²) in [5, 5.41) is 9.22. The van der Waals surface area contributed by atoms with Crippen LogP contribution in [0.1, 0.15) is 43.0 Å². The molecule has 0 saturated carbocycles. The van der Waals surface area contributed by atoms with E-state index in [1.807, 2.05) is 19.2 Å². The van der Waals surface area contributed by atoms with Crippen molar-refractivity contribution >= 4 is 0 Å². The van der Waals surface area contributed by atoms with Crippen LogP contribution in [-0.4, -0.2) is 10.1 Å². The Hall–Kier alpha value is -0.890. The maximum Gasteiger partial charge on any atom is 0.0702 e. The van der Waals surface area contributed by atoms with Crippen LogP contribution in [0.2, 0.25) is 0 Å². The number of aliphatic hydroxyl groups excluding tert-OH is 1. The first kappa shape index (κ1) is 11.2. The average molecular weight is 193 g/mol. The van der Waals surface area contributed by atoms with Gasteiger partial charge >= 0.3 is 0 Å². The lowest BCUT2D eigenvalue weighted by molar-refractivity contribution is 0.279. The van der Waals surface area contributed by atoms with E-state index in [1.165, 1.54) is 19.3 Å². The molecule has 78 valence electrons. The van der Waals surface area contributed by atoms with Gasteiger partial charge in [-0.2, -0.15) is 0 Å². The van der Waals surface area contributed by atoms with Gasteiger partial charge in [0.05, 0.1) is 6.61 Å². The first-order valence-corrected chi connectivity index (χ1v) is 5.33. The van der Waals surface area contributed by atoms with Crippen molar-refractivity contribution in [2.24, 2.45) is 0 Å². The fourth-order valence-electron chi connectivity index (χ4n) is 1.62. The predicted molar refractivity (Wildman–Crippen MR) is 58.1 cm³/mol. The fourth-order valence-corrected chi connectivity index (χ4v) is 1.62. The lowest BCUT2D eigenvalue weighted by Crippen LogP contribution is -2.00. The number of pyridine rings is 1. The van der Waals surface area contributed by atoms with Gasteiger partial charge in [-0.25, -0.2) is 0 Å². The van der Waals surface area contributed by atoms with Gasteiger partial charge in [0.25, 0.3) is 0 Å².